The average Bonchev–Trinajstić information content (AvgIpc) is 3.66. The average molecular weight is 463 g/mol. The van der Waals surface area contributed by atoms with E-state index in [1.54, 1.807) is 14.2 Å². The van der Waals surface area contributed by atoms with Gasteiger partial charge in [-0.1, -0.05) is 18.2 Å². The van der Waals surface area contributed by atoms with Crippen molar-refractivity contribution in [2.45, 2.75) is 50.7 Å². The van der Waals surface area contributed by atoms with Gasteiger partial charge in [0.05, 0.1) is 20.3 Å². The minimum absolute atomic E-state index is 0.0266. The lowest BCUT2D eigenvalue weighted by Gasteiger charge is -2.44. The molecule has 1 amide bonds. The number of hydrogen-bond donors (Lipinski definition) is 1. The van der Waals surface area contributed by atoms with E-state index in [9.17, 15) is 4.79 Å². The molecule has 4 fully saturated rings. The lowest BCUT2D eigenvalue weighted by molar-refractivity contribution is -0.0347. The Labute approximate surface area is 201 Å². The van der Waals surface area contributed by atoms with Gasteiger partial charge >= 0.3 is 6.09 Å². The van der Waals surface area contributed by atoms with E-state index in [1.165, 1.54) is 24.0 Å². The Morgan fingerprint density at radius 1 is 0.971 bits per heavy atom. The third kappa shape index (κ3) is 3.92. The molecule has 3 heterocycles. The van der Waals surface area contributed by atoms with Gasteiger partial charge in [-0.3, -0.25) is 4.90 Å². The van der Waals surface area contributed by atoms with Crippen LogP contribution in [-0.2, 0) is 11.2 Å². The lowest BCUT2D eigenvalue weighted by atomic mass is 9.76. The minimum Gasteiger partial charge on any atom is -0.497 e. The van der Waals surface area contributed by atoms with Gasteiger partial charge in [-0.25, -0.2) is 4.79 Å². The van der Waals surface area contributed by atoms with Crippen LogP contribution in [-0.4, -0.2) is 51.0 Å². The van der Waals surface area contributed by atoms with E-state index in [2.05, 4.69) is 28.4 Å². The van der Waals surface area contributed by atoms with Crippen LogP contribution in [0.1, 0.15) is 49.3 Å². The summed E-state index contributed by atoms with van der Waals surface area (Å²) in [6.45, 7) is 3.18. The van der Waals surface area contributed by atoms with E-state index in [1.807, 2.05) is 18.2 Å². The summed E-state index contributed by atoms with van der Waals surface area (Å²) >= 11 is 0. The van der Waals surface area contributed by atoms with Crippen molar-refractivity contribution in [1.82, 2.24) is 10.2 Å². The zero-order valence-corrected chi connectivity index (χ0v) is 20.1. The number of nitrogens with one attached hydrogen (secondary N) is 1. The molecule has 6 heteroatoms. The minimum atomic E-state index is -0.246. The largest absolute Gasteiger partial charge is 0.497 e. The summed E-state index contributed by atoms with van der Waals surface area (Å²) in [5.41, 5.74) is 4.95. The number of benzene rings is 2. The number of fused-ring (bicyclic) bond motifs is 4. The summed E-state index contributed by atoms with van der Waals surface area (Å²) in [6, 6.07) is 12.6. The van der Waals surface area contributed by atoms with Crippen molar-refractivity contribution in [2.24, 2.45) is 11.3 Å². The molecule has 34 heavy (non-hydrogen) atoms. The summed E-state index contributed by atoms with van der Waals surface area (Å²) in [5.74, 6) is 2.07. The highest BCUT2D eigenvalue weighted by molar-refractivity contribution is 5.71. The van der Waals surface area contributed by atoms with Crippen LogP contribution in [0.15, 0.2) is 36.4 Å². The van der Waals surface area contributed by atoms with Crippen LogP contribution in [0, 0.1) is 11.3 Å². The van der Waals surface area contributed by atoms with E-state index < -0.39 is 0 Å². The molecule has 2 atom stereocenters. The Morgan fingerprint density at radius 3 is 2.32 bits per heavy atom. The van der Waals surface area contributed by atoms with Crippen LogP contribution < -0.4 is 14.8 Å². The number of carbonyl (C=O) groups excluding carboxylic acids is 1. The van der Waals surface area contributed by atoms with Crippen molar-refractivity contribution in [3.63, 3.8) is 0 Å². The highest BCUT2D eigenvalue weighted by Crippen LogP contribution is 2.61. The maximum Gasteiger partial charge on any atom is 0.407 e. The van der Waals surface area contributed by atoms with E-state index in [4.69, 9.17) is 14.2 Å². The lowest BCUT2D eigenvalue weighted by Crippen LogP contribution is -2.53. The molecule has 6 nitrogen and oxygen atoms in total. The smallest absolute Gasteiger partial charge is 0.407 e. The molecule has 1 unspecified atom stereocenters. The maximum absolute atomic E-state index is 13.0. The Hall–Kier alpha value is -2.73. The first-order valence-electron chi connectivity index (χ1n) is 12.6. The second-order valence-corrected chi connectivity index (χ2v) is 10.5. The molecule has 5 aliphatic rings. The van der Waals surface area contributed by atoms with Crippen molar-refractivity contribution in [1.29, 1.82) is 0 Å². The van der Waals surface area contributed by atoms with Crippen molar-refractivity contribution < 1.29 is 19.0 Å². The fourth-order valence-corrected chi connectivity index (χ4v) is 6.38. The summed E-state index contributed by atoms with van der Waals surface area (Å²) in [4.78, 5) is 15.5. The highest BCUT2D eigenvalue weighted by atomic mass is 16.6. The first-order chi connectivity index (χ1) is 16.6. The number of nitrogens with zero attached hydrogens (tertiary/aromatic N) is 1. The molecular formula is C28H34N2O4. The van der Waals surface area contributed by atoms with E-state index in [0.717, 1.165) is 67.9 Å². The molecule has 2 aromatic carbocycles. The predicted molar refractivity (Wildman–Crippen MR) is 130 cm³/mol. The molecule has 2 aliphatic carbocycles. The summed E-state index contributed by atoms with van der Waals surface area (Å²) < 4.78 is 16.9. The van der Waals surface area contributed by atoms with Crippen molar-refractivity contribution >= 4 is 6.09 Å². The zero-order chi connectivity index (χ0) is 23.3. The van der Waals surface area contributed by atoms with E-state index in [0.29, 0.717) is 5.92 Å². The summed E-state index contributed by atoms with van der Waals surface area (Å²) in [5, 5.41) is 3.31. The van der Waals surface area contributed by atoms with Crippen LogP contribution in [0.3, 0.4) is 0 Å². The van der Waals surface area contributed by atoms with Gasteiger partial charge in [0.1, 0.15) is 17.6 Å². The van der Waals surface area contributed by atoms with Gasteiger partial charge in [-0.15, -0.1) is 0 Å². The third-order valence-corrected chi connectivity index (χ3v) is 8.65. The van der Waals surface area contributed by atoms with Crippen molar-refractivity contribution in [3.05, 3.63) is 47.5 Å². The molecular weight excluding hydrogens is 428 g/mol. The number of amides is 1. The van der Waals surface area contributed by atoms with Gasteiger partial charge in [-0.05, 0) is 97.3 Å². The Kier molecular flexibility index (Phi) is 5.44. The molecule has 3 saturated heterocycles. The number of hydrogen-bond acceptors (Lipinski definition) is 5. The summed E-state index contributed by atoms with van der Waals surface area (Å²) in [7, 11) is 3.34. The SMILES string of the molecule is COc1cc(OC)cc(-c2ccc3c(c2)CCC2(CC2)C3NC(=O)O[C@H]2CN3CCC2CC3)c1. The molecule has 3 aliphatic heterocycles. The molecule has 1 saturated carbocycles. The van der Waals surface area contributed by atoms with Crippen LogP contribution in [0.2, 0.25) is 0 Å². The van der Waals surface area contributed by atoms with Crippen LogP contribution in [0.25, 0.3) is 11.1 Å². The van der Waals surface area contributed by atoms with Crippen molar-refractivity contribution in [2.75, 3.05) is 33.9 Å². The van der Waals surface area contributed by atoms with E-state index >= 15 is 0 Å². The monoisotopic (exact) mass is 462 g/mol. The number of methoxy groups -OCH3 is 2. The third-order valence-electron chi connectivity index (χ3n) is 8.65. The predicted octanol–water partition coefficient (Wildman–Crippen LogP) is 4.96. The molecule has 1 spiro atoms. The van der Waals surface area contributed by atoms with Gasteiger partial charge in [-0.2, -0.15) is 0 Å². The Balaban J connectivity index is 1.23. The topological polar surface area (TPSA) is 60.0 Å². The van der Waals surface area contributed by atoms with Gasteiger partial charge in [0.25, 0.3) is 0 Å². The fraction of sp³-hybridized carbons (Fsp3) is 0.536. The molecule has 2 bridgehead atoms. The first-order valence-corrected chi connectivity index (χ1v) is 12.6. The maximum atomic E-state index is 13.0. The van der Waals surface area contributed by atoms with Gasteiger partial charge in [0, 0.05) is 12.6 Å². The van der Waals surface area contributed by atoms with Gasteiger partial charge < -0.3 is 19.5 Å². The van der Waals surface area contributed by atoms with Crippen molar-refractivity contribution in [3.8, 4) is 22.6 Å². The number of ether oxygens (including phenoxy) is 3. The normalized spacial score (nSPS) is 28.2. The number of aryl methyl sites for hydroxylation is 1. The molecule has 1 N–H and O–H groups in total. The van der Waals surface area contributed by atoms with Gasteiger partial charge in [0.2, 0.25) is 0 Å². The second kappa shape index (κ2) is 8.49. The summed E-state index contributed by atoms with van der Waals surface area (Å²) in [6.07, 6.45) is 6.57. The first kappa shape index (κ1) is 21.8. The number of piperidine rings is 3. The molecule has 7 rings (SSSR count). The Morgan fingerprint density at radius 2 is 1.71 bits per heavy atom. The van der Waals surface area contributed by atoms with Crippen LogP contribution in [0.4, 0.5) is 4.79 Å². The Bertz CT molecular complexity index is 1070. The fourth-order valence-electron chi connectivity index (χ4n) is 6.38. The number of alkyl carbamates (subject to hydrolysis) is 1. The molecule has 2 aromatic rings. The quantitative estimate of drug-likeness (QED) is 0.681. The van der Waals surface area contributed by atoms with E-state index in [-0.39, 0.29) is 23.7 Å². The van der Waals surface area contributed by atoms with Crippen LogP contribution >= 0.6 is 0 Å². The standard InChI is InChI=1S/C28H34N2O4/c1-32-22-14-21(15-23(16-22)33-2)19-3-4-24-20(13-19)5-8-28(9-10-28)26(24)29-27(31)34-25-17-30-11-6-18(25)7-12-30/h3-4,13-16,18,25-26H,5-12,17H2,1-2H3,(H,29,31)/t25-,26?/m0/s1. The second-order valence-electron chi connectivity index (χ2n) is 10.5. The number of rotatable bonds is 5. The number of carbonyl (C=O) groups is 1. The molecule has 0 aromatic heterocycles. The van der Waals surface area contributed by atoms with Gasteiger partial charge in [0.15, 0.2) is 0 Å². The van der Waals surface area contributed by atoms with Crippen LogP contribution in [0.5, 0.6) is 11.5 Å². The molecule has 0 radical (unpaired) electrons. The molecule has 180 valence electrons. The zero-order valence-electron chi connectivity index (χ0n) is 20.1. The highest BCUT2D eigenvalue weighted by Gasteiger charge is 2.53.